The van der Waals surface area contributed by atoms with E-state index in [-0.39, 0.29) is 98.1 Å². The molecule has 15 heavy (non-hydrogen) atoms. The molecule has 0 aliphatic carbocycles. The number of aromatic nitrogens is 2. The predicted octanol–water partition coefficient (Wildman–Crippen LogP) is 1.74. The van der Waals surface area contributed by atoms with E-state index in [1.54, 1.807) is 36.7 Å². The van der Waals surface area contributed by atoms with Gasteiger partial charge in [-0.1, -0.05) is 23.8 Å². The molecule has 2 heterocycles. The number of hydrogen-bond donors (Lipinski definition) is 0. The van der Waals surface area contributed by atoms with Gasteiger partial charge in [0.05, 0.1) is 0 Å². The molecule has 0 saturated carbocycles. The van der Waals surface area contributed by atoms with Crippen LogP contribution in [0.15, 0.2) is 36.7 Å². The summed E-state index contributed by atoms with van der Waals surface area (Å²) in [4.78, 5) is 8.27. The van der Waals surface area contributed by atoms with E-state index in [1.165, 1.54) is 0 Å². The van der Waals surface area contributed by atoms with Gasteiger partial charge in [-0.2, -0.15) is 36.4 Å². The summed E-state index contributed by atoms with van der Waals surface area (Å²) >= 11 is 0. The Kier molecular flexibility index (Phi) is 13.6. The summed E-state index contributed by atoms with van der Waals surface area (Å²) in [7, 11) is 0. The molecule has 2 aromatic heterocycles. The Bertz CT molecular complexity index is 316. The van der Waals surface area contributed by atoms with Crippen LogP contribution in [0.1, 0.15) is 0 Å². The predicted molar refractivity (Wildman–Crippen MR) is 45.1 cm³/mol. The zero-order valence-corrected chi connectivity index (χ0v) is 16.6. The summed E-state index contributed by atoms with van der Waals surface area (Å²) < 4.78 is 0. The van der Waals surface area contributed by atoms with Gasteiger partial charge in [0.2, 0.25) is 0 Å². The third-order valence-corrected chi connectivity index (χ3v) is 1.47. The van der Waals surface area contributed by atoms with Crippen LogP contribution < -0.4 is 0 Å². The Morgan fingerprint density at radius 2 is 1.13 bits per heavy atom. The third-order valence-electron chi connectivity index (χ3n) is 1.47. The monoisotopic (exact) mass is 421 g/mol. The first-order valence-corrected chi connectivity index (χ1v) is 3.61. The Hall–Kier alpha value is 1.61. The molecule has 0 spiro atoms. The van der Waals surface area contributed by atoms with Gasteiger partial charge in [-0.15, -0.1) is 0 Å². The molecule has 0 aliphatic rings. The molecule has 0 fully saturated rings. The van der Waals surface area contributed by atoms with Crippen molar-refractivity contribution < 1.29 is 98.1 Å². The second-order valence-corrected chi connectivity index (χ2v) is 2.28. The van der Waals surface area contributed by atoms with Crippen LogP contribution in [0.5, 0.6) is 0 Å². The smallest absolute Gasteiger partial charge is 0 e. The number of nitrogens with zero attached hydrogens (tertiary/aromatic N) is 2. The van der Waals surface area contributed by atoms with Crippen LogP contribution in [0.2, 0.25) is 0 Å². The molecule has 0 amide bonds. The molecule has 0 N–H and O–H groups in total. The van der Waals surface area contributed by atoms with Crippen LogP contribution in [0.25, 0.3) is 11.4 Å². The third kappa shape index (κ3) is 6.19. The minimum absolute atomic E-state index is 0. The Labute approximate surface area is 165 Å². The molecule has 0 bridgehead atoms. The summed E-state index contributed by atoms with van der Waals surface area (Å²) in [5.74, 6) is 0. The second-order valence-electron chi connectivity index (χ2n) is 2.28. The van der Waals surface area contributed by atoms with Gasteiger partial charge in [-0.3, -0.25) is 0 Å². The van der Waals surface area contributed by atoms with Gasteiger partial charge < -0.3 is 9.97 Å². The van der Waals surface area contributed by atoms with Crippen molar-refractivity contribution in [1.82, 2.24) is 9.97 Å². The van der Waals surface area contributed by atoms with Gasteiger partial charge in [0.1, 0.15) is 0 Å². The standard InChI is InChI=1S/C10H6N2.3Y/c1-3-7-11-9(5-1)10-6-2-4-8-12-10;;;/h3-8H;;;/q-2;;;. The van der Waals surface area contributed by atoms with E-state index in [0.717, 1.165) is 11.4 Å². The van der Waals surface area contributed by atoms with Crippen LogP contribution >= 0.6 is 0 Å². The molecule has 0 atom stereocenters. The van der Waals surface area contributed by atoms with Crippen molar-refractivity contribution in [2.45, 2.75) is 0 Å². The molecule has 5 heteroatoms. The SMILES string of the molecule is [Y].[Y].[Y].[c-]1ccnc(-c2c[c-]ccn2)c1. The number of pyridine rings is 2. The number of hydrogen-bond acceptors (Lipinski definition) is 2. The van der Waals surface area contributed by atoms with Crippen molar-refractivity contribution in [3.8, 4) is 11.4 Å². The quantitative estimate of drug-likeness (QED) is 0.657. The molecular formula is C10H6N2Y3-2. The van der Waals surface area contributed by atoms with Gasteiger partial charge in [0.15, 0.2) is 0 Å². The van der Waals surface area contributed by atoms with Crippen LogP contribution in [-0.4, -0.2) is 9.97 Å². The van der Waals surface area contributed by atoms with Gasteiger partial charge >= 0.3 is 0 Å². The fourth-order valence-corrected chi connectivity index (χ4v) is 0.930. The van der Waals surface area contributed by atoms with E-state index in [2.05, 4.69) is 22.1 Å². The average Bonchev–Trinajstić information content (AvgIpc) is 2.21. The minimum Gasteiger partial charge on any atom is -0.394 e. The number of rotatable bonds is 1. The molecule has 0 aliphatic heterocycles. The Morgan fingerprint density at radius 1 is 0.733 bits per heavy atom. The second kappa shape index (κ2) is 10.7. The van der Waals surface area contributed by atoms with Crippen molar-refractivity contribution in [3.63, 3.8) is 0 Å². The van der Waals surface area contributed by atoms with Crippen LogP contribution in [0.4, 0.5) is 0 Å². The molecular weight excluding hydrogens is 415 g/mol. The zero-order valence-electron chi connectivity index (χ0n) is 8.09. The van der Waals surface area contributed by atoms with Crippen LogP contribution in [-0.2, 0) is 98.1 Å². The van der Waals surface area contributed by atoms with Crippen molar-refractivity contribution in [1.29, 1.82) is 0 Å². The fourth-order valence-electron chi connectivity index (χ4n) is 0.930. The maximum atomic E-state index is 4.14. The summed E-state index contributed by atoms with van der Waals surface area (Å²) in [6.45, 7) is 0. The summed E-state index contributed by atoms with van der Waals surface area (Å²) in [6.07, 6.45) is 3.40. The minimum atomic E-state index is 0. The van der Waals surface area contributed by atoms with Crippen LogP contribution in [0, 0.1) is 12.1 Å². The van der Waals surface area contributed by atoms with Gasteiger partial charge in [0.25, 0.3) is 0 Å². The summed E-state index contributed by atoms with van der Waals surface area (Å²) in [6, 6.07) is 13.0. The maximum Gasteiger partial charge on any atom is 0 e. The van der Waals surface area contributed by atoms with Crippen molar-refractivity contribution in [2.24, 2.45) is 0 Å². The molecule has 2 nitrogen and oxygen atoms in total. The van der Waals surface area contributed by atoms with E-state index in [0.29, 0.717) is 0 Å². The zero-order chi connectivity index (χ0) is 8.23. The first-order chi connectivity index (χ1) is 5.97. The summed E-state index contributed by atoms with van der Waals surface area (Å²) in [5.41, 5.74) is 1.66. The van der Waals surface area contributed by atoms with Crippen molar-refractivity contribution in [3.05, 3.63) is 48.8 Å². The van der Waals surface area contributed by atoms with E-state index in [9.17, 15) is 0 Å². The maximum absolute atomic E-state index is 4.14. The van der Waals surface area contributed by atoms with E-state index < -0.39 is 0 Å². The van der Waals surface area contributed by atoms with Gasteiger partial charge in [-0.05, 0) is 0 Å². The molecule has 0 saturated heterocycles. The van der Waals surface area contributed by atoms with E-state index >= 15 is 0 Å². The summed E-state index contributed by atoms with van der Waals surface area (Å²) in [5, 5.41) is 0. The van der Waals surface area contributed by atoms with E-state index in [4.69, 9.17) is 0 Å². The molecule has 2 rings (SSSR count). The normalized spacial score (nSPS) is 7.73. The molecule has 0 unspecified atom stereocenters. The Balaban J connectivity index is 0. The first-order valence-electron chi connectivity index (χ1n) is 3.61. The largest absolute Gasteiger partial charge is 0.394 e. The fraction of sp³-hybridized carbons (Fsp3) is 0. The molecule has 3 radical (unpaired) electrons. The van der Waals surface area contributed by atoms with Crippen molar-refractivity contribution in [2.75, 3.05) is 0 Å². The van der Waals surface area contributed by atoms with E-state index in [1.807, 2.05) is 0 Å². The Morgan fingerprint density at radius 3 is 1.40 bits per heavy atom. The van der Waals surface area contributed by atoms with Crippen LogP contribution in [0.3, 0.4) is 0 Å². The molecule has 67 valence electrons. The first kappa shape index (κ1) is 19.0. The van der Waals surface area contributed by atoms with Gasteiger partial charge in [0, 0.05) is 98.1 Å². The topological polar surface area (TPSA) is 25.8 Å². The van der Waals surface area contributed by atoms with Gasteiger partial charge in [-0.25, -0.2) is 0 Å². The molecule has 2 aromatic rings. The average molecular weight is 421 g/mol. The van der Waals surface area contributed by atoms with Crippen molar-refractivity contribution >= 4 is 0 Å². The molecule has 0 aromatic carbocycles.